The molecule has 1 saturated heterocycles. The van der Waals surface area contributed by atoms with Crippen LogP contribution in [0.3, 0.4) is 0 Å². The molecule has 1 aliphatic heterocycles. The highest BCUT2D eigenvalue weighted by molar-refractivity contribution is 5.91. The number of amides is 2. The number of pyridine rings is 2. The van der Waals surface area contributed by atoms with Crippen molar-refractivity contribution >= 4 is 22.8 Å². The number of carbonyl (C=O) groups excluding carboxylic acids is 1. The fourth-order valence-corrected chi connectivity index (χ4v) is 4.23. The average molecular weight is 469 g/mol. The Bertz CT molecular complexity index is 1200. The van der Waals surface area contributed by atoms with Crippen LogP contribution in [0.5, 0.6) is 5.75 Å². The van der Waals surface area contributed by atoms with Gasteiger partial charge in [0.15, 0.2) is 5.82 Å². The maximum atomic E-state index is 11.4. The Kier molecular flexibility index (Phi) is 6.07. The van der Waals surface area contributed by atoms with Gasteiger partial charge < -0.3 is 24.7 Å². The van der Waals surface area contributed by atoms with Crippen LogP contribution in [0.4, 0.5) is 10.6 Å². The zero-order valence-corrected chi connectivity index (χ0v) is 19.2. The average Bonchev–Trinajstić information content (AvgIpc) is 3.42. The van der Waals surface area contributed by atoms with Crippen LogP contribution in [0.25, 0.3) is 16.7 Å². The van der Waals surface area contributed by atoms with E-state index in [1.807, 2.05) is 12.1 Å². The first kappa shape index (κ1) is 22.5. The van der Waals surface area contributed by atoms with E-state index in [1.165, 1.54) is 0 Å². The largest absolute Gasteiger partial charge is 0.491 e. The minimum absolute atomic E-state index is 0.341. The molecule has 0 radical (unpaired) electrons. The molecule has 1 aliphatic carbocycles. The van der Waals surface area contributed by atoms with E-state index in [-0.39, 0.29) is 0 Å². The topological polar surface area (TPSA) is 136 Å². The van der Waals surface area contributed by atoms with Gasteiger partial charge in [0.1, 0.15) is 23.8 Å². The van der Waals surface area contributed by atoms with Crippen LogP contribution in [0.1, 0.15) is 36.6 Å². The van der Waals surface area contributed by atoms with Crippen molar-refractivity contribution in [1.82, 2.24) is 19.7 Å². The molecule has 2 aliphatic rings. The predicted octanol–water partition coefficient (Wildman–Crippen LogP) is 2.47. The Morgan fingerprint density at radius 3 is 2.82 bits per heavy atom. The smallest absolute Gasteiger partial charge is 0.317 e. The molecule has 0 spiro atoms. The number of nitrogens with one attached hydrogen (secondary N) is 1. The molecule has 2 fully saturated rings. The van der Waals surface area contributed by atoms with E-state index >= 15 is 0 Å². The molecule has 1 atom stereocenters. The van der Waals surface area contributed by atoms with Gasteiger partial charge in [0, 0.05) is 62.9 Å². The van der Waals surface area contributed by atoms with Gasteiger partial charge in [0.25, 0.3) is 0 Å². The monoisotopic (exact) mass is 468 g/mol. The van der Waals surface area contributed by atoms with Crippen molar-refractivity contribution in [1.29, 1.82) is 0 Å². The first-order chi connectivity index (χ1) is 16.5. The number of fused-ring (bicyclic) bond motifs is 1. The van der Waals surface area contributed by atoms with Gasteiger partial charge in [-0.15, -0.1) is 0 Å². The molecule has 11 nitrogen and oxygen atoms in total. The number of rotatable bonds is 9. The number of nitrogens with two attached hydrogens (primary N) is 1. The summed E-state index contributed by atoms with van der Waals surface area (Å²) in [6.45, 7) is 1.83. The maximum Gasteiger partial charge on any atom is 0.317 e. The summed E-state index contributed by atoms with van der Waals surface area (Å²) in [6, 6.07) is 4.79. The van der Waals surface area contributed by atoms with Crippen molar-refractivity contribution < 1.29 is 23.7 Å². The fourth-order valence-electron chi connectivity index (χ4n) is 4.23. The van der Waals surface area contributed by atoms with Gasteiger partial charge in [-0.2, -0.15) is 5.10 Å². The van der Waals surface area contributed by atoms with Crippen molar-refractivity contribution in [2.75, 3.05) is 46.0 Å². The number of hydrogen-bond acceptors (Lipinski definition) is 8. The molecule has 3 aromatic heterocycles. The van der Waals surface area contributed by atoms with Gasteiger partial charge in [0.05, 0.1) is 30.1 Å². The van der Waals surface area contributed by atoms with E-state index in [4.69, 9.17) is 34.8 Å². The van der Waals surface area contributed by atoms with Gasteiger partial charge in [-0.25, -0.2) is 19.4 Å². The van der Waals surface area contributed by atoms with Crippen molar-refractivity contribution in [3.05, 3.63) is 35.8 Å². The van der Waals surface area contributed by atoms with Crippen molar-refractivity contribution in [3.63, 3.8) is 0 Å². The Morgan fingerprint density at radius 2 is 2.15 bits per heavy atom. The highest BCUT2D eigenvalue weighted by atomic mass is 16.6. The zero-order valence-electron chi connectivity index (χ0n) is 19.2. The van der Waals surface area contributed by atoms with E-state index in [1.54, 1.807) is 31.2 Å². The number of urea groups is 1. The number of aromatic nitrogens is 4. The van der Waals surface area contributed by atoms with Gasteiger partial charge in [-0.05, 0) is 12.8 Å². The zero-order chi connectivity index (χ0) is 23.7. The van der Waals surface area contributed by atoms with Crippen molar-refractivity contribution in [2.24, 2.45) is 5.73 Å². The van der Waals surface area contributed by atoms with E-state index in [0.29, 0.717) is 61.8 Å². The molecule has 5 rings (SSSR count). The molecule has 34 heavy (non-hydrogen) atoms. The second-order valence-corrected chi connectivity index (χ2v) is 8.54. The quantitative estimate of drug-likeness (QED) is 0.457. The van der Waals surface area contributed by atoms with Crippen LogP contribution < -0.4 is 15.8 Å². The van der Waals surface area contributed by atoms with Crippen LogP contribution >= 0.6 is 0 Å². The summed E-state index contributed by atoms with van der Waals surface area (Å²) in [7, 11) is 3.29. The summed E-state index contributed by atoms with van der Waals surface area (Å²) in [5, 5.41) is 8.37. The normalized spacial score (nSPS) is 20.1. The SMILES string of the molecule is COCCOc1cc(-n2nc(C3CC3)c3cnc(NC(N)=O)cc32)nc([C@]2(OC)CCOC2)c1. The fraction of sp³-hybridized carbons (Fsp3) is 0.478. The Hall–Kier alpha value is -3.28. The first-order valence-electron chi connectivity index (χ1n) is 11.3. The van der Waals surface area contributed by atoms with Crippen LogP contribution in [0.2, 0.25) is 0 Å². The Morgan fingerprint density at radius 1 is 1.29 bits per heavy atom. The van der Waals surface area contributed by atoms with Crippen molar-refractivity contribution in [2.45, 2.75) is 30.8 Å². The Labute approximate surface area is 196 Å². The summed E-state index contributed by atoms with van der Waals surface area (Å²) in [6.07, 6.45) is 4.56. The highest BCUT2D eigenvalue weighted by Gasteiger charge is 2.39. The number of hydrogen-bond donors (Lipinski definition) is 2. The number of ether oxygens (including phenoxy) is 4. The molecule has 0 aromatic carbocycles. The second kappa shape index (κ2) is 9.16. The molecular weight excluding hydrogens is 440 g/mol. The third-order valence-corrected chi connectivity index (χ3v) is 6.21. The summed E-state index contributed by atoms with van der Waals surface area (Å²) in [5.74, 6) is 1.92. The number of primary amides is 1. The highest BCUT2D eigenvalue weighted by Crippen LogP contribution is 2.43. The molecule has 180 valence electrons. The minimum atomic E-state index is -0.683. The molecule has 3 N–H and O–H groups in total. The Balaban J connectivity index is 1.65. The summed E-state index contributed by atoms with van der Waals surface area (Å²) in [4.78, 5) is 20.7. The van der Waals surface area contributed by atoms with Crippen LogP contribution in [-0.4, -0.2) is 66.4 Å². The molecule has 0 bridgehead atoms. The lowest BCUT2D eigenvalue weighted by Gasteiger charge is -2.26. The van der Waals surface area contributed by atoms with Crippen LogP contribution in [-0.2, 0) is 19.8 Å². The second-order valence-electron chi connectivity index (χ2n) is 8.54. The van der Waals surface area contributed by atoms with Crippen molar-refractivity contribution in [3.8, 4) is 11.6 Å². The summed E-state index contributed by atoms with van der Waals surface area (Å²) >= 11 is 0. The van der Waals surface area contributed by atoms with Crippen LogP contribution in [0.15, 0.2) is 24.4 Å². The van der Waals surface area contributed by atoms with Gasteiger partial charge in [0.2, 0.25) is 0 Å². The predicted molar refractivity (Wildman–Crippen MR) is 123 cm³/mol. The third kappa shape index (κ3) is 4.29. The number of anilines is 1. The van der Waals surface area contributed by atoms with Gasteiger partial charge >= 0.3 is 6.03 Å². The number of carbonyl (C=O) groups is 1. The lowest BCUT2D eigenvalue weighted by atomic mass is 9.97. The molecule has 2 amide bonds. The first-order valence-corrected chi connectivity index (χ1v) is 11.3. The van der Waals surface area contributed by atoms with Gasteiger partial charge in [-0.3, -0.25) is 5.32 Å². The lowest BCUT2D eigenvalue weighted by Crippen LogP contribution is -2.30. The number of methoxy groups -OCH3 is 2. The molecular formula is C23H28N6O5. The summed E-state index contributed by atoms with van der Waals surface area (Å²) in [5.41, 5.74) is 7.07. The summed E-state index contributed by atoms with van der Waals surface area (Å²) < 4.78 is 24.4. The molecule has 4 heterocycles. The molecule has 3 aromatic rings. The molecule has 0 unspecified atom stereocenters. The maximum absolute atomic E-state index is 11.4. The van der Waals surface area contributed by atoms with E-state index < -0.39 is 11.6 Å². The van der Waals surface area contributed by atoms with E-state index in [2.05, 4.69) is 10.3 Å². The van der Waals surface area contributed by atoms with Crippen LogP contribution in [0, 0.1) is 0 Å². The molecule has 11 heteroatoms. The van der Waals surface area contributed by atoms with E-state index in [0.717, 1.165) is 29.4 Å². The number of nitrogens with zero attached hydrogens (tertiary/aromatic N) is 4. The lowest BCUT2D eigenvalue weighted by molar-refractivity contribution is -0.0248. The van der Waals surface area contributed by atoms with Gasteiger partial charge in [-0.1, -0.05) is 0 Å². The molecule has 1 saturated carbocycles. The van der Waals surface area contributed by atoms with E-state index in [9.17, 15) is 4.79 Å². The minimum Gasteiger partial charge on any atom is -0.491 e. The standard InChI is InChI=1S/C23H28N6O5/c1-31-7-8-34-15-9-18(23(32-2)5-6-33-13-23)26-20(10-15)29-17-11-19(27-22(24)30)25-12-16(17)21(28-29)14-3-4-14/h9-12,14H,3-8,13H2,1-2H3,(H3,24,25,27,30)/t23-/m0/s1. The third-order valence-electron chi connectivity index (χ3n) is 6.21.